The Kier molecular flexibility index (Phi) is 17.3. The van der Waals surface area contributed by atoms with Crippen molar-refractivity contribution >= 4 is 12.5 Å². The van der Waals surface area contributed by atoms with E-state index in [0.717, 1.165) is 44.1 Å². The van der Waals surface area contributed by atoms with Crippen LogP contribution in [-0.2, 0) is 4.79 Å². The van der Waals surface area contributed by atoms with Crippen molar-refractivity contribution in [3.8, 4) is 0 Å². The van der Waals surface area contributed by atoms with Crippen molar-refractivity contribution in [2.24, 2.45) is 10.9 Å². The molecule has 2 nitrogen and oxygen atoms in total. The highest BCUT2D eigenvalue weighted by Gasteiger charge is 2.09. The molecular formula is C27H45NO. The van der Waals surface area contributed by atoms with Crippen LogP contribution in [-0.4, -0.2) is 12.5 Å². The van der Waals surface area contributed by atoms with Gasteiger partial charge in [-0.3, -0.25) is 4.99 Å². The topological polar surface area (TPSA) is 29.4 Å². The number of carbonyl (C=O) groups excluding carboxylic acids is 1. The third-order valence-corrected chi connectivity index (χ3v) is 5.47. The lowest BCUT2D eigenvalue weighted by Crippen LogP contribution is -2.01. The molecule has 0 heterocycles. The highest BCUT2D eigenvalue weighted by atomic mass is 16.1. The van der Waals surface area contributed by atoms with Gasteiger partial charge in [-0.25, -0.2) is 0 Å². The molecule has 2 heteroatoms. The Morgan fingerprint density at radius 3 is 2.38 bits per heavy atom. The monoisotopic (exact) mass is 399 g/mol. The Morgan fingerprint density at radius 1 is 1.03 bits per heavy atom. The van der Waals surface area contributed by atoms with Crippen LogP contribution < -0.4 is 0 Å². The molecule has 0 aliphatic rings. The molecule has 0 N–H and O–H groups in total. The van der Waals surface area contributed by atoms with Crippen LogP contribution in [0.15, 0.2) is 51.7 Å². The maximum absolute atomic E-state index is 10.5. The second kappa shape index (κ2) is 18.3. The second-order valence-corrected chi connectivity index (χ2v) is 7.78. The number of aliphatic imine (C=N–C) groups is 1. The smallest absolute Gasteiger partial charge is 0.120 e. The van der Waals surface area contributed by atoms with E-state index in [1.54, 1.807) is 5.57 Å². The lowest BCUT2D eigenvalue weighted by atomic mass is 9.90. The van der Waals surface area contributed by atoms with Crippen LogP contribution in [0.1, 0.15) is 106 Å². The van der Waals surface area contributed by atoms with Crippen LogP contribution in [0.4, 0.5) is 0 Å². The molecular weight excluding hydrogens is 354 g/mol. The first kappa shape index (κ1) is 27.3. The maximum atomic E-state index is 10.5. The van der Waals surface area contributed by atoms with E-state index >= 15 is 0 Å². The number of nitrogens with zero attached hydrogens (tertiary/aromatic N) is 1. The molecule has 0 radical (unpaired) electrons. The number of hydrogen-bond acceptors (Lipinski definition) is 2. The Morgan fingerprint density at radius 2 is 1.79 bits per heavy atom. The van der Waals surface area contributed by atoms with Gasteiger partial charge in [0.25, 0.3) is 0 Å². The van der Waals surface area contributed by atoms with Gasteiger partial charge in [0.2, 0.25) is 0 Å². The molecule has 0 aromatic heterocycles. The Balaban J connectivity index is 4.97. The van der Waals surface area contributed by atoms with E-state index in [4.69, 9.17) is 0 Å². The fourth-order valence-corrected chi connectivity index (χ4v) is 3.49. The molecule has 0 fully saturated rings. The van der Waals surface area contributed by atoms with Gasteiger partial charge in [-0.05, 0) is 83.6 Å². The molecule has 0 saturated heterocycles. The van der Waals surface area contributed by atoms with Crippen LogP contribution in [0.25, 0.3) is 0 Å². The van der Waals surface area contributed by atoms with E-state index < -0.39 is 0 Å². The zero-order valence-electron chi connectivity index (χ0n) is 20.0. The van der Waals surface area contributed by atoms with Gasteiger partial charge in [0, 0.05) is 12.6 Å². The third kappa shape index (κ3) is 12.5. The van der Waals surface area contributed by atoms with Crippen molar-refractivity contribution in [1.29, 1.82) is 0 Å². The minimum absolute atomic E-state index is 0.544. The second-order valence-electron chi connectivity index (χ2n) is 7.78. The lowest BCUT2D eigenvalue weighted by molar-refractivity contribution is -0.107. The largest absolute Gasteiger partial charge is 0.303 e. The fraction of sp³-hybridized carbons (Fsp3) is 0.630. The highest BCUT2D eigenvalue weighted by Crippen LogP contribution is 2.26. The molecule has 164 valence electrons. The van der Waals surface area contributed by atoms with E-state index in [0.29, 0.717) is 18.8 Å². The fourth-order valence-electron chi connectivity index (χ4n) is 3.49. The summed E-state index contributed by atoms with van der Waals surface area (Å²) in [5.41, 5.74) is 5.41. The van der Waals surface area contributed by atoms with Gasteiger partial charge < -0.3 is 4.79 Å². The zero-order valence-corrected chi connectivity index (χ0v) is 20.0. The van der Waals surface area contributed by atoms with Crippen LogP contribution in [0.2, 0.25) is 0 Å². The van der Waals surface area contributed by atoms with Gasteiger partial charge >= 0.3 is 0 Å². The molecule has 0 aliphatic carbocycles. The summed E-state index contributed by atoms with van der Waals surface area (Å²) in [7, 11) is 0. The molecule has 0 spiro atoms. The van der Waals surface area contributed by atoms with Crippen molar-refractivity contribution in [3.63, 3.8) is 0 Å². The maximum Gasteiger partial charge on any atom is 0.120 e. The standard InChI is InChI=1S/C27H45NO/c1-7-11-12-19-25(17-8-2)24(6)18-13-14-20-26(23(5)9-3)27(10-4)28-21-15-16-22-29/h10-12,18,21-22,25H,7-9,13-17,19-20H2,1-6H3/b12-11+,24-18+,26-23-,27-10-,28-21?/t25-/m0/s1. The number of rotatable bonds is 16. The van der Waals surface area contributed by atoms with Crippen LogP contribution >= 0.6 is 0 Å². The molecule has 0 aliphatic heterocycles. The van der Waals surface area contributed by atoms with Gasteiger partial charge in [0.15, 0.2) is 0 Å². The number of carbonyl (C=O) groups is 1. The van der Waals surface area contributed by atoms with Gasteiger partial charge in [0.1, 0.15) is 6.29 Å². The molecule has 29 heavy (non-hydrogen) atoms. The molecule has 0 bridgehead atoms. The summed E-state index contributed by atoms with van der Waals surface area (Å²) in [5.74, 6) is 0.684. The minimum atomic E-state index is 0.544. The van der Waals surface area contributed by atoms with E-state index in [1.807, 2.05) is 6.21 Å². The van der Waals surface area contributed by atoms with Crippen LogP contribution in [0, 0.1) is 5.92 Å². The summed E-state index contributed by atoms with van der Waals surface area (Å²) in [5, 5.41) is 0. The molecule has 0 aromatic rings. The van der Waals surface area contributed by atoms with E-state index in [2.05, 4.69) is 70.8 Å². The SMILES string of the molecule is C/C=C(N=CCCC=O)/C(CCC/C=C(\C)[C@H](C/C=C/CC)CCC)=C(/C)CC. The van der Waals surface area contributed by atoms with Crippen molar-refractivity contribution in [2.75, 3.05) is 0 Å². The molecule has 0 unspecified atom stereocenters. The molecule has 0 rings (SSSR count). The molecule has 0 aromatic carbocycles. The van der Waals surface area contributed by atoms with Crippen LogP contribution in [0.5, 0.6) is 0 Å². The minimum Gasteiger partial charge on any atom is -0.303 e. The quantitative estimate of drug-likeness (QED) is 0.0840. The summed E-state index contributed by atoms with van der Waals surface area (Å²) >= 11 is 0. The highest BCUT2D eigenvalue weighted by molar-refractivity contribution is 5.65. The van der Waals surface area contributed by atoms with E-state index in [-0.39, 0.29) is 0 Å². The predicted octanol–water partition coefficient (Wildman–Crippen LogP) is 8.56. The number of aldehydes is 1. The van der Waals surface area contributed by atoms with Crippen molar-refractivity contribution in [2.45, 2.75) is 106 Å². The Bertz CT molecular complexity index is 590. The van der Waals surface area contributed by atoms with Gasteiger partial charge in [-0.1, -0.05) is 62.6 Å². The first-order chi connectivity index (χ1) is 14.0. The van der Waals surface area contributed by atoms with E-state index in [9.17, 15) is 4.79 Å². The average molecular weight is 400 g/mol. The number of unbranched alkanes of at least 4 members (excludes halogenated alkanes) is 2. The summed E-state index contributed by atoms with van der Waals surface area (Å²) < 4.78 is 0. The van der Waals surface area contributed by atoms with Gasteiger partial charge in [0.05, 0.1) is 5.70 Å². The molecule has 1 atom stereocenters. The van der Waals surface area contributed by atoms with Crippen molar-refractivity contribution in [1.82, 2.24) is 0 Å². The molecule has 0 amide bonds. The summed E-state index contributed by atoms with van der Waals surface area (Å²) in [6, 6.07) is 0. The Labute approximate surface area is 181 Å². The van der Waals surface area contributed by atoms with Gasteiger partial charge in [-0.15, -0.1) is 0 Å². The van der Waals surface area contributed by atoms with E-state index in [1.165, 1.54) is 30.4 Å². The zero-order chi connectivity index (χ0) is 21.9. The summed E-state index contributed by atoms with van der Waals surface area (Å²) in [4.78, 5) is 15.2. The van der Waals surface area contributed by atoms with Crippen molar-refractivity contribution < 1.29 is 4.79 Å². The first-order valence-corrected chi connectivity index (χ1v) is 11.7. The predicted molar refractivity (Wildman–Crippen MR) is 131 cm³/mol. The van der Waals surface area contributed by atoms with Crippen molar-refractivity contribution in [3.05, 3.63) is 46.7 Å². The third-order valence-electron chi connectivity index (χ3n) is 5.47. The lowest BCUT2D eigenvalue weighted by Gasteiger charge is -2.16. The summed E-state index contributed by atoms with van der Waals surface area (Å²) in [6.07, 6.45) is 22.5. The normalized spacial score (nSPS) is 15.2. The average Bonchev–Trinajstić information content (AvgIpc) is 2.73. The molecule has 0 saturated carbocycles. The summed E-state index contributed by atoms with van der Waals surface area (Å²) in [6.45, 7) is 13.3. The van der Waals surface area contributed by atoms with Crippen LogP contribution in [0.3, 0.4) is 0 Å². The number of hydrogen-bond donors (Lipinski definition) is 0. The Hall–Kier alpha value is -1.70. The number of allylic oxidation sites excluding steroid dienone is 7. The first-order valence-electron chi connectivity index (χ1n) is 11.7. The van der Waals surface area contributed by atoms with Gasteiger partial charge in [-0.2, -0.15) is 0 Å².